The molecule has 2 rings (SSSR count). The Bertz CT molecular complexity index is 632. The molecule has 0 saturated carbocycles. The minimum absolute atomic E-state index is 0.442. The maximum absolute atomic E-state index is 12.6. The van der Waals surface area contributed by atoms with E-state index in [1.807, 2.05) is 32.9 Å². The van der Waals surface area contributed by atoms with Gasteiger partial charge in [0.05, 0.1) is 4.90 Å². The zero-order chi connectivity index (χ0) is 17.7. The zero-order valence-corrected chi connectivity index (χ0v) is 16.4. The van der Waals surface area contributed by atoms with Crippen LogP contribution in [0.15, 0.2) is 17.0 Å². The third-order valence-electron chi connectivity index (χ3n) is 5.01. The highest BCUT2D eigenvalue weighted by Gasteiger charge is 2.21. The lowest BCUT2D eigenvalue weighted by atomic mass is 10.00. The molecular formula is C19H32N2O2S. The quantitative estimate of drug-likeness (QED) is 0.764. The molecule has 1 atom stereocenters. The molecule has 1 saturated heterocycles. The summed E-state index contributed by atoms with van der Waals surface area (Å²) in [5.74, 6) is 0. The highest BCUT2D eigenvalue weighted by Crippen LogP contribution is 2.22. The fraction of sp³-hybridized carbons (Fsp3) is 0.684. The van der Waals surface area contributed by atoms with E-state index in [4.69, 9.17) is 0 Å². The number of sulfonamides is 1. The second-order valence-electron chi connectivity index (χ2n) is 7.07. The van der Waals surface area contributed by atoms with E-state index < -0.39 is 10.0 Å². The maximum Gasteiger partial charge on any atom is 0.241 e. The van der Waals surface area contributed by atoms with E-state index in [0.717, 1.165) is 36.2 Å². The Labute approximate surface area is 147 Å². The molecule has 1 fully saturated rings. The summed E-state index contributed by atoms with van der Waals surface area (Å²) in [7, 11) is -3.43. The van der Waals surface area contributed by atoms with Crippen molar-refractivity contribution >= 4 is 10.0 Å². The monoisotopic (exact) mass is 352 g/mol. The lowest BCUT2D eigenvalue weighted by Gasteiger charge is -2.35. The number of rotatable bonds is 7. The van der Waals surface area contributed by atoms with Gasteiger partial charge in [0, 0.05) is 12.6 Å². The van der Waals surface area contributed by atoms with E-state index in [2.05, 4.69) is 16.5 Å². The third kappa shape index (κ3) is 4.80. The van der Waals surface area contributed by atoms with Crippen molar-refractivity contribution in [3.05, 3.63) is 28.8 Å². The summed E-state index contributed by atoms with van der Waals surface area (Å²) in [6, 6.07) is 4.54. The molecule has 24 heavy (non-hydrogen) atoms. The van der Waals surface area contributed by atoms with Crippen LogP contribution < -0.4 is 4.72 Å². The smallest absolute Gasteiger partial charge is 0.241 e. The van der Waals surface area contributed by atoms with Gasteiger partial charge in [0.25, 0.3) is 0 Å². The molecule has 1 aliphatic rings. The van der Waals surface area contributed by atoms with E-state index in [1.54, 1.807) is 0 Å². The fourth-order valence-electron chi connectivity index (χ4n) is 3.97. The Morgan fingerprint density at radius 1 is 1.17 bits per heavy atom. The van der Waals surface area contributed by atoms with Crippen LogP contribution in [0.5, 0.6) is 0 Å². The average molecular weight is 353 g/mol. The molecule has 136 valence electrons. The number of aryl methyl sites for hydroxylation is 3. The molecular weight excluding hydrogens is 320 g/mol. The summed E-state index contributed by atoms with van der Waals surface area (Å²) in [5.41, 5.74) is 2.74. The SMILES string of the molecule is CC[C@H]1CCCCN1CCCNS(=O)(=O)c1c(C)cc(C)cc1C. The van der Waals surface area contributed by atoms with Crippen LogP contribution in [0, 0.1) is 20.8 Å². The molecule has 1 aliphatic heterocycles. The summed E-state index contributed by atoms with van der Waals surface area (Å²) in [6.07, 6.45) is 5.93. The number of nitrogens with one attached hydrogen (secondary N) is 1. The Hall–Kier alpha value is -0.910. The highest BCUT2D eigenvalue weighted by molar-refractivity contribution is 7.89. The second kappa shape index (κ2) is 8.45. The van der Waals surface area contributed by atoms with Crippen LogP contribution in [0.25, 0.3) is 0 Å². The third-order valence-corrected chi connectivity index (χ3v) is 6.77. The Kier molecular flexibility index (Phi) is 6.84. The molecule has 1 aromatic rings. The molecule has 0 aromatic heterocycles. The van der Waals surface area contributed by atoms with Gasteiger partial charge in [0.2, 0.25) is 10.0 Å². The van der Waals surface area contributed by atoms with Crippen LogP contribution in [0.3, 0.4) is 0 Å². The number of hydrogen-bond acceptors (Lipinski definition) is 3. The van der Waals surface area contributed by atoms with E-state index in [1.165, 1.54) is 25.7 Å². The molecule has 0 bridgehead atoms. The van der Waals surface area contributed by atoms with Crippen LogP contribution in [-0.4, -0.2) is 39.0 Å². The predicted octanol–water partition coefficient (Wildman–Crippen LogP) is 3.54. The number of benzene rings is 1. The van der Waals surface area contributed by atoms with Crippen molar-refractivity contribution in [1.29, 1.82) is 0 Å². The molecule has 0 spiro atoms. The van der Waals surface area contributed by atoms with Gasteiger partial charge in [-0.3, -0.25) is 0 Å². The lowest BCUT2D eigenvalue weighted by Crippen LogP contribution is -2.40. The summed E-state index contributed by atoms with van der Waals surface area (Å²) in [6.45, 7) is 10.6. The summed E-state index contributed by atoms with van der Waals surface area (Å²) in [4.78, 5) is 2.97. The minimum Gasteiger partial charge on any atom is -0.300 e. The van der Waals surface area contributed by atoms with Crippen molar-refractivity contribution in [1.82, 2.24) is 9.62 Å². The first-order chi connectivity index (χ1) is 11.3. The summed E-state index contributed by atoms with van der Waals surface area (Å²) < 4.78 is 28.1. The number of hydrogen-bond donors (Lipinski definition) is 1. The van der Waals surface area contributed by atoms with Crippen LogP contribution in [0.4, 0.5) is 0 Å². The molecule has 5 heteroatoms. The molecule has 0 radical (unpaired) electrons. The first kappa shape index (κ1) is 19.4. The van der Waals surface area contributed by atoms with Gasteiger partial charge in [-0.2, -0.15) is 0 Å². The van der Waals surface area contributed by atoms with Gasteiger partial charge in [0.15, 0.2) is 0 Å². The molecule has 0 aliphatic carbocycles. The molecule has 4 nitrogen and oxygen atoms in total. The van der Waals surface area contributed by atoms with Gasteiger partial charge < -0.3 is 4.90 Å². The normalized spacial score (nSPS) is 19.6. The Morgan fingerprint density at radius 3 is 2.46 bits per heavy atom. The molecule has 1 aromatic carbocycles. The first-order valence-corrected chi connectivity index (χ1v) is 10.6. The van der Waals surface area contributed by atoms with Gasteiger partial charge in [-0.1, -0.05) is 31.0 Å². The lowest BCUT2D eigenvalue weighted by molar-refractivity contribution is 0.143. The van der Waals surface area contributed by atoms with E-state index in [-0.39, 0.29) is 0 Å². The van der Waals surface area contributed by atoms with Crippen LogP contribution >= 0.6 is 0 Å². The van der Waals surface area contributed by atoms with Crippen molar-refractivity contribution in [3.63, 3.8) is 0 Å². The van der Waals surface area contributed by atoms with E-state index in [9.17, 15) is 8.42 Å². The fourth-order valence-corrected chi connectivity index (χ4v) is 5.49. The Balaban J connectivity index is 1.92. The van der Waals surface area contributed by atoms with Crippen molar-refractivity contribution in [2.75, 3.05) is 19.6 Å². The minimum atomic E-state index is -3.43. The van der Waals surface area contributed by atoms with Crippen molar-refractivity contribution in [3.8, 4) is 0 Å². The zero-order valence-electron chi connectivity index (χ0n) is 15.6. The number of nitrogens with zero attached hydrogens (tertiary/aromatic N) is 1. The van der Waals surface area contributed by atoms with Crippen LogP contribution in [-0.2, 0) is 10.0 Å². The summed E-state index contributed by atoms with van der Waals surface area (Å²) in [5, 5.41) is 0. The largest absolute Gasteiger partial charge is 0.300 e. The van der Waals surface area contributed by atoms with Crippen LogP contribution in [0.2, 0.25) is 0 Å². The molecule has 1 heterocycles. The topological polar surface area (TPSA) is 49.4 Å². The standard InChI is InChI=1S/C19H32N2O2S/c1-5-18-9-6-7-11-21(18)12-8-10-20-24(22,23)19-16(3)13-15(2)14-17(19)4/h13-14,18,20H,5-12H2,1-4H3/t18-/m0/s1. The molecule has 0 amide bonds. The number of likely N-dealkylation sites (tertiary alicyclic amines) is 1. The maximum atomic E-state index is 12.6. The summed E-state index contributed by atoms with van der Waals surface area (Å²) >= 11 is 0. The van der Waals surface area contributed by atoms with Crippen molar-refractivity contribution in [2.24, 2.45) is 0 Å². The van der Waals surface area contributed by atoms with E-state index >= 15 is 0 Å². The van der Waals surface area contributed by atoms with Gasteiger partial charge in [-0.05, 0) is 70.7 Å². The van der Waals surface area contributed by atoms with Gasteiger partial charge in [-0.25, -0.2) is 13.1 Å². The first-order valence-electron chi connectivity index (χ1n) is 9.16. The van der Waals surface area contributed by atoms with Gasteiger partial charge in [0.1, 0.15) is 0 Å². The number of piperidine rings is 1. The Morgan fingerprint density at radius 2 is 1.83 bits per heavy atom. The predicted molar refractivity (Wildman–Crippen MR) is 100.0 cm³/mol. The van der Waals surface area contributed by atoms with Crippen molar-refractivity contribution < 1.29 is 8.42 Å². The highest BCUT2D eigenvalue weighted by atomic mass is 32.2. The average Bonchev–Trinajstić information content (AvgIpc) is 2.50. The molecule has 0 unspecified atom stereocenters. The second-order valence-corrected chi connectivity index (χ2v) is 8.78. The molecule has 1 N–H and O–H groups in total. The van der Waals surface area contributed by atoms with Gasteiger partial charge >= 0.3 is 0 Å². The van der Waals surface area contributed by atoms with Crippen molar-refractivity contribution in [2.45, 2.75) is 70.7 Å². The van der Waals surface area contributed by atoms with Gasteiger partial charge in [-0.15, -0.1) is 0 Å². The van der Waals surface area contributed by atoms with E-state index in [0.29, 0.717) is 17.5 Å². The van der Waals surface area contributed by atoms with Crippen LogP contribution in [0.1, 0.15) is 55.7 Å².